The van der Waals surface area contributed by atoms with Crippen LogP contribution in [-0.4, -0.2) is 31.5 Å². The molecule has 0 saturated heterocycles. The van der Waals surface area contributed by atoms with Gasteiger partial charge in [0.25, 0.3) is 11.5 Å². The first kappa shape index (κ1) is 17.7. The molecular formula is C17H15ClN6O2. The van der Waals surface area contributed by atoms with Gasteiger partial charge in [0.05, 0.1) is 5.69 Å². The van der Waals surface area contributed by atoms with Gasteiger partial charge in [-0.1, -0.05) is 23.7 Å². The normalized spacial score (nSPS) is 10.7. The molecule has 0 aliphatic heterocycles. The van der Waals surface area contributed by atoms with Crippen LogP contribution >= 0.6 is 11.6 Å². The van der Waals surface area contributed by atoms with Crippen LogP contribution in [0.1, 0.15) is 16.8 Å². The van der Waals surface area contributed by atoms with Crippen LogP contribution in [0.2, 0.25) is 5.02 Å². The summed E-state index contributed by atoms with van der Waals surface area (Å²) in [6.07, 6.45) is 0.212. The molecule has 0 aliphatic carbocycles. The summed E-state index contributed by atoms with van der Waals surface area (Å²) in [6, 6.07) is 8.73. The molecule has 4 N–H and O–H groups in total. The third kappa shape index (κ3) is 3.06. The van der Waals surface area contributed by atoms with E-state index in [1.165, 1.54) is 0 Å². The lowest BCUT2D eigenvalue weighted by Crippen LogP contribution is -2.21. The molecule has 26 heavy (non-hydrogen) atoms. The number of halogens is 1. The predicted octanol–water partition coefficient (Wildman–Crippen LogP) is 1.57. The van der Waals surface area contributed by atoms with Crippen molar-refractivity contribution in [3.05, 3.63) is 56.5 Å². The SMILES string of the molecule is Cc1[nH]n(-c2nc(N)c(C#N)c(-c3ccc(Cl)cc3)n2)c(=O)c1CCO. The second-order valence-electron chi connectivity index (χ2n) is 5.58. The monoisotopic (exact) mass is 370 g/mol. The van der Waals surface area contributed by atoms with Gasteiger partial charge in [-0.15, -0.1) is 0 Å². The molecule has 1 aromatic carbocycles. The molecular weight excluding hydrogens is 356 g/mol. The average Bonchev–Trinajstić information content (AvgIpc) is 2.90. The largest absolute Gasteiger partial charge is 0.396 e. The van der Waals surface area contributed by atoms with E-state index in [0.717, 1.165) is 4.68 Å². The van der Waals surface area contributed by atoms with E-state index in [1.807, 2.05) is 6.07 Å². The summed E-state index contributed by atoms with van der Waals surface area (Å²) in [5.74, 6) is -0.0194. The highest BCUT2D eigenvalue weighted by Crippen LogP contribution is 2.26. The summed E-state index contributed by atoms with van der Waals surface area (Å²) < 4.78 is 1.15. The van der Waals surface area contributed by atoms with Gasteiger partial charge in [-0.25, -0.2) is 4.98 Å². The van der Waals surface area contributed by atoms with Crippen molar-refractivity contribution in [1.82, 2.24) is 19.7 Å². The quantitative estimate of drug-likeness (QED) is 0.638. The number of nitriles is 1. The first-order valence-electron chi connectivity index (χ1n) is 7.71. The van der Waals surface area contributed by atoms with Crippen molar-refractivity contribution in [2.24, 2.45) is 0 Å². The van der Waals surface area contributed by atoms with E-state index in [4.69, 9.17) is 22.4 Å². The molecule has 0 radical (unpaired) electrons. The van der Waals surface area contributed by atoms with Crippen molar-refractivity contribution in [2.75, 3.05) is 12.3 Å². The maximum absolute atomic E-state index is 12.6. The number of hydrogen-bond donors (Lipinski definition) is 3. The Balaban J connectivity index is 2.22. The van der Waals surface area contributed by atoms with E-state index >= 15 is 0 Å². The zero-order valence-corrected chi connectivity index (χ0v) is 14.6. The fraction of sp³-hybridized carbons (Fsp3) is 0.176. The van der Waals surface area contributed by atoms with E-state index in [0.29, 0.717) is 27.5 Å². The van der Waals surface area contributed by atoms with Crippen LogP contribution in [0.5, 0.6) is 0 Å². The smallest absolute Gasteiger partial charge is 0.277 e. The zero-order chi connectivity index (χ0) is 18.8. The van der Waals surface area contributed by atoms with Crippen LogP contribution in [0.25, 0.3) is 17.2 Å². The van der Waals surface area contributed by atoms with Crippen molar-refractivity contribution in [3.8, 4) is 23.3 Å². The number of nitrogens with zero attached hydrogens (tertiary/aromatic N) is 4. The predicted molar refractivity (Wildman–Crippen MR) is 97.1 cm³/mol. The standard InChI is InChI=1S/C17H15ClN6O2/c1-9-12(6-7-25)16(26)24(23-9)17-21-14(13(8-19)15(20)22-17)10-2-4-11(18)5-3-10/h2-5,23,25H,6-7H2,1H3,(H2,20,21,22). The van der Waals surface area contributed by atoms with E-state index in [-0.39, 0.29) is 35.9 Å². The molecule has 0 atom stereocenters. The summed E-state index contributed by atoms with van der Waals surface area (Å²) in [6.45, 7) is 1.57. The third-order valence-electron chi connectivity index (χ3n) is 3.91. The first-order chi connectivity index (χ1) is 12.5. The Hall–Kier alpha value is -3.15. The number of aromatic nitrogens is 4. The fourth-order valence-electron chi connectivity index (χ4n) is 2.62. The number of nitrogen functional groups attached to an aromatic ring is 1. The van der Waals surface area contributed by atoms with Crippen molar-refractivity contribution in [2.45, 2.75) is 13.3 Å². The van der Waals surface area contributed by atoms with Crippen LogP contribution in [0.3, 0.4) is 0 Å². The molecule has 2 aromatic heterocycles. The molecule has 8 nitrogen and oxygen atoms in total. The number of aliphatic hydroxyl groups excluding tert-OH is 1. The summed E-state index contributed by atoms with van der Waals surface area (Å²) in [5, 5.41) is 21.9. The van der Waals surface area contributed by atoms with E-state index in [1.54, 1.807) is 31.2 Å². The number of H-pyrrole nitrogens is 1. The summed E-state index contributed by atoms with van der Waals surface area (Å²) in [4.78, 5) is 21.0. The Morgan fingerprint density at radius 3 is 2.65 bits per heavy atom. The number of aliphatic hydroxyl groups is 1. The maximum atomic E-state index is 12.6. The number of hydrogen-bond acceptors (Lipinski definition) is 6. The van der Waals surface area contributed by atoms with E-state index in [2.05, 4.69) is 15.1 Å². The lowest BCUT2D eigenvalue weighted by atomic mass is 10.1. The van der Waals surface area contributed by atoms with Gasteiger partial charge in [-0.3, -0.25) is 9.89 Å². The Bertz CT molecular complexity index is 1060. The lowest BCUT2D eigenvalue weighted by Gasteiger charge is -2.09. The first-order valence-corrected chi connectivity index (χ1v) is 8.09. The highest BCUT2D eigenvalue weighted by molar-refractivity contribution is 6.30. The molecule has 9 heteroatoms. The highest BCUT2D eigenvalue weighted by Gasteiger charge is 2.19. The van der Waals surface area contributed by atoms with E-state index < -0.39 is 0 Å². The van der Waals surface area contributed by atoms with E-state index in [9.17, 15) is 10.1 Å². The van der Waals surface area contributed by atoms with Crippen molar-refractivity contribution in [3.63, 3.8) is 0 Å². The van der Waals surface area contributed by atoms with Crippen molar-refractivity contribution < 1.29 is 5.11 Å². The minimum absolute atomic E-state index is 0.0174. The second kappa shape index (κ2) is 7.00. The van der Waals surface area contributed by atoms with Gasteiger partial charge in [0.15, 0.2) is 0 Å². The maximum Gasteiger partial charge on any atom is 0.277 e. The molecule has 2 heterocycles. The number of anilines is 1. The van der Waals surface area contributed by atoms with Gasteiger partial charge >= 0.3 is 0 Å². The summed E-state index contributed by atoms with van der Waals surface area (Å²) >= 11 is 5.91. The minimum atomic E-state index is -0.372. The van der Waals surface area contributed by atoms with Gasteiger partial charge in [0.1, 0.15) is 17.5 Å². The molecule has 3 aromatic rings. The number of aryl methyl sites for hydroxylation is 1. The average molecular weight is 371 g/mol. The Labute approximate surface area is 153 Å². The number of nitrogens with one attached hydrogen (secondary N) is 1. The topological polar surface area (TPSA) is 134 Å². The number of rotatable bonds is 4. The number of aromatic amines is 1. The molecule has 0 bridgehead atoms. The Morgan fingerprint density at radius 2 is 2.04 bits per heavy atom. The molecule has 0 fully saturated rings. The molecule has 3 rings (SSSR count). The van der Waals surface area contributed by atoms with Crippen molar-refractivity contribution in [1.29, 1.82) is 5.26 Å². The molecule has 0 saturated carbocycles. The van der Waals surface area contributed by atoms with Crippen molar-refractivity contribution >= 4 is 17.4 Å². The third-order valence-corrected chi connectivity index (χ3v) is 4.16. The van der Waals surface area contributed by atoms with Gasteiger partial charge in [0.2, 0.25) is 0 Å². The second-order valence-corrected chi connectivity index (χ2v) is 6.02. The molecule has 0 aliphatic rings. The van der Waals surface area contributed by atoms with Crippen LogP contribution in [-0.2, 0) is 6.42 Å². The molecule has 0 spiro atoms. The highest BCUT2D eigenvalue weighted by atomic mass is 35.5. The fourth-order valence-corrected chi connectivity index (χ4v) is 2.75. The number of nitrogens with two attached hydrogens (primary N) is 1. The van der Waals surface area contributed by atoms with Gasteiger partial charge < -0.3 is 10.8 Å². The molecule has 132 valence electrons. The van der Waals surface area contributed by atoms with Gasteiger partial charge in [-0.2, -0.15) is 14.9 Å². The van der Waals surface area contributed by atoms with Crippen LogP contribution in [0.4, 0.5) is 5.82 Å². The van der Waals surface area contributed by atoms with Crippen LogP contribution in [0.15, 0.2) is 29.1 Å². The zero-order valence-electron chi connectivity index (χ0n) is 13.8. The van der Waals surface area contributed by atoms with Crippen LogP contribution in [0, 0.1) is 18.3 Å². The Kier molecular flexibility index (Phi) is 4.75. The number of benzene rings is 1. The Morgan fingerprint density at radius 1 is 1.35 bits per heavy atom. The summed E-state index contributed by atoms with van der Waals surface area (Å²) in [5.41, 5.74) is 7.62. The van der Waals surface area contributed by atoms with Gasteiger partial charge in [0, 0.05) is 34.9 Å². The summed E-state index contributed by atoms with van der Waals surface area (Å²) in [7, 11) is 0. The lowest BCUT2D eigenvalue weighted by molar-refractivity contribution is 0.299. The van der Waals surface area contributed by atoms with Gasteiger partial charge in [-0.05, 0) is 19.1 Å². The molecule has 0 unspecified atom stereocenters. The molecule has 0 amide bonds. The minimum Gasteiger partial charge on any atom is -0.396 e. The van der Waals surface area contributed by atoms with Crippen LogP contribution < -0.4 is 11.3 Å².